The van der Waals surface area contributed by atoms with Gasteiger partial charge in [-0.25, -0.2) is 9.97 Å². The molecule has 3 aromatic rings. The molecule has 0 aliphatic heterocycles. The van der Waals surface area contributed by atoms with Crippen LogP contribution in [-0.4, -0.2) is 22.3 Å². The summed E-state index contributed by atoms with van der Waals surface area (Å²) in [5.74, 6) is 2.51. The van der Waals surface area contributed by atoms with E-state index in [9.17, 15) is 0 Å². The number of benzene rings is 2. The zero-order chi connectivity index (χ0) is 19.1. The maximum Gasteiger partial charge on any atom is 0.190 e. The Morgan fingerprint density at radius 3 is 2.36 bits per heavy atom. The Morgan fingerprint density at radius 1 is 0.964 bits per heavy atom. The Bertz CT molecular complexity index is 851. The van der Waals surface area contributed by atoms with Crippen LogP contribution in [-0.2, 0) is 6.42 Å². The van der Waals surface area contributed by atoms with Crippen LogP contribution in [0.2, 0.25) is 0 Å². The third-order valence-corrected chi connectivity index (χ3v) is 5.44. The Labute approximate surface area is 178 Å². The van der Waals surface area contributed by atoms with E-state index in [2.05, 4.69) is 80.7 Å². The van der Waals surface area contributed by atoms with Crippen molar-refractivity contribution in [2.75, 3.05) is 17.6 Å². The zero-order valence-electron chi connectivity index (χ0n) is 16.7. The zero-order valence-corrected chi connectivity index (χ0v) is 18.3. The summed E-state index contributed by atoms with van der Waals surface area (Å²) in [6.07, 6.45) is 0.971. The van der Waals surface area contributed by atoms with Crippen LogP contribution in [0.1, 0.15) is 25.0 Å². The van der Waals surface area contributed by atoms with Crippen LogP contribution in [0, 0.1) is 12.8 Å². The fraction of sp³-hybridized carbons (Fsp3) is 0.304. The average Bonchev–Trinajstić information content (AvgIpc) is 2.68. The van der Waals surface area contributed by atoms with Crippen molar-refractivity contribution in [3.05, 3.63) is 71.8 Å². The summed E-state index contributed by atoms with van der Waals surface area (Å²) in [4.78, 5) is 9.50. The summed E-state index contributed by atoms with van der Waals surface area (Å²) >= 11 is 1.72. The molecule has 0 aliphatic rings. The van der Waals surface area contributed by atoms with Gasteiger partial charge in [0.15, 0.2) is 5.16 Å². The monoisotopic (exact) mass is 413 g/mol. The molecule has 28 heavy (non-hydrogen) atoms. The third kappa shape index (κ3) is 6.84. The molecule has 148 valence electrons. The number of nitrogens with one attached hydrogen (secondary N) is 1. The van der Waals surface area contributed by atoms with E-state index >= 15 is 0 Å². The van der Waals surface area contributed by atoms with E-state index in [0.29, 0.717) is 5.92 Å². The number of anilines is 1. The standard InChI is InChI=1S/C23H27N3S.ClH/c1-17(2)16-27-23-25-21(20-11-9-18(3)10-12-20)15-22(26-23)24-14-13-19-7-5-4-6-8-19;/h4-12,15,17H,13-14,16H2,1-3H3,(H,24,25,26);1H. The van der Waals surface area contributed by atoms with E-state index in [0.717, 1.165) is 41.0 Å². The second-order valence-electron chi connectivity index (χ2n) is 7.15. The lowest BCUT2D eigenvalue weighted by atomic mass is 10.1. The van der Waals surface area contributed by atoms with Crippen LogP contribution in [0.5, 0.6) is 0 Å². The van der Waals surface area contributed by atoms with Crippen LogP contribution in [0.4, 0.5) is 5.82 Å². The lowest BCUT2D eigenvalue weighted by Gasteiger charge is -2.11. The van der Waals surface area contributed by atoms with Crippen molar-refractivity contribution in [1.29, 1.82) is 0 Å². The molecule has 0 atom stereocenters. The molecule has 0 aliphatic carbocycles. The van der Waals surface area contributed by atoms with Gasteiger partial charge in [-0.1, -0.05) is 85.8 Å². The number of thioether (sulfide) groups is 1. The molecule has 3 nitrogen and oxygen atoms in total. The van der Waals surface area contributed by atoms with Gasteiger partial charge < -0.3 is 5.32 Å². The molecule has 3 rings (SSSR count). The fourth-order valence-corrected chi connectivity index (χ4v) is 3.48. The highest BCUT2D eigenvalue weighted by atomic mass is 35.5. The topological polar surface area (TPSA) is 37.8 Å². The van der Waals surface area contributed by atoms with E-state index in [4.69, 9.17) is 9.97 Å². The summed E-state index contributed by atoms with van der Waals surface area (Å²) in [7, 11) is 0. The van der Waals surface area contributed by atoms with E-state index in [1.165, 1.54) is 11.1 Å². The van der Waals surface area contributed by atoms with Crippen molar-refractivity contribution < 1.29 is 0 Å². The summed E-state index contributed by atoms with van der Waals surface area (Å²) in [6, 6.07) is 21.1. The number of hydrogen-bond acceptors (Lipinski definition) is 4. The normalized spacial score (nSPS) is 10.6. The lowest BCUT2D eigenvalue weighted by Crippen LogP contribution is -2.08. The molecule has 0 spiro atoms. The van der Waals surface area contributed by atoms with Crippen molar-refractivity contribution in [3.8, 4) is 11.3 Å². The molecular formula is C23H28ClN3S. The molecule has 0 saturated heterocycles. The molecule has 0 radical (unpaired) electrons. The quantitative estimate of drug-likeness (QED) is 0.348. The number of aryl methyl sites for hydroxylation is 1. The number of aromatic nitrogens is 2. The van der Waals surface area contributed by atoms with Crippen molar-refractivity contribution in [3.63, 3.8) is 0 Å². The minimum absolute atomic E-state index is 0. The summed E-state index contributed by atoms with van der Waals surface area (Å²) in [5, 5.41) is 4.32. The molecule has 0 saturated carbocycles. The first kappa shape index (κ1) is 22.3. The minimum Gasteiger partial charge on any atom is -0.370 e. The van der Waals surface area contributed by atoms with Gasteiger partial charge in [0.2, 0.25) is 0 Å². The largest absolute Gasteiger partial charge is 0.370 e. The minimum atomic E-state index is 0. The van der Waals surface area contributed by atoms with Gasteiger partial charge in [-0.05, 0) is 24.8 Å². The van der Waals surface area contributed by atoms with Crippen molar-refractivity contribution in [2.24, 2.45) is 5.92 Å². The lowest BCUT2D eigenvalue weighted by molar-refractivity contribution is 0.748. The highest BCUT2D eigenvalue weighted by molar-refractivity contribution is 7.99. The first-order valence-corrected chi connectivity index (χ1v) is 10.5. The molecule has 0 bridgehead atoms. The average molecular weight is 414 g/mol. The van der Waals surface area contributed by atoms with Crippen LogP contribution in [0.3, 0.4) is 0 Å². The van der Waals surface area contributed by atoms with Crippen molar-refractivity contribution >= 4 is 30.0 Å². The highest BCUT2D eigenvalue weighted by Gasteiger charge is 2.08. The molecule has 0 amide bonds. The molecule has 0 unspecified atom stereocenters. The number of rotatable bonds is 8. The van der Waals surface area contributed by atoms with Crippen LogP contribution in [0.25, 0.3) is 11.3 Å². The fourth-order valence-electron chi connectivity index (χ4n) is 2.67. The maximum atomic E-state index is 4.78. The van der Waals surface area contributed by atoms with Crippen LogP contribution >= 0.6 is 24.2 Å². The Hall–Kier alpha value is -2.04. The maximum absolute atomic E-state index is 4.78. The molecule has 1 N–H and O–H groups in total. The predicted octanol–water partition coefficient (Wildman–Crippen LogP) is 6.28. The van der Waals surface area contributed by atoms with Gasteiger partial charge in [0, 0.05) is 23.9 Å². The highest BCUT2D eigenvalue weighted by Crippen LogP contribution is 2.25. The predicted molar refractivity (Wildman–Crippen MR) is 124 cm³/mol. The second kappa shape index (κ2) is 11.1. The molecule has 5 heteroatoms. The summed E-state index contributed by atoms with van der Waals surface area (Å²) < 4.78 is 0. The van der Waals surface area contributed by atoms with Gasteiger partial charge in [0.25, 0.3) is 0 Å². The van der Waals surface area contributed by atoms with E-state index in [1.807, 2.05) is 6.07 Å². The van der Waals surface area contributed by atoms with Crippen molar-refractivity contribution in [1.82, 2.24) is 9.97 Å². The van der Waals surface area contributed by atoms with Crippen LogP contribution < -0.4 is 5.32 Å². The smallest absolute Gasteiger partial charge is 0.190 e. The van der Waals surface area contributed by atoms with Gasteiger partial charge in [-0.3, -0.25) is 0 Å². The summed E-state index contributed by atoms with van der Waals surface area (Å²) in [5.41, 5.74) is 4.68. The van der Waals surface area contributed by atoms with Gasteiger partial charge >= 0.3 is 0 Å². The Balaban J connectivity index is 0.00000280. The SMILES string of the molecule is Cc1ccc(-c2cc(NCCc3ccccc3)nc(SCC(C)C)n2)cc1.Cl. The van der Waals surface area contributed by atoms with Gasteiger partial charge in [-0.15, -0.1) is 12.4 Å². The van der Waals surface area contributed by atoms with E-state index < -0.39 is 0 Å². The Morgan fingerprint density at radius 2 is 1.68 bits per heavy atom. The number of hydrogen-bond donors (Lipinski definition) is 1. The number of nitrogens with zero attached hydrogens (tertiary/aromatic N) is 2. The third-order valence-electron chi connectivity index (χ3n) is 4.16. The van der Waals surface area contributed by atoms with Gasteiger partial charge in [-0.2, -0.15) is 0 Å². The summed E-state index contributed by atoms with van der Waals surface area (Å²) in [6.45, 7) is 7.39. The molecule has 0 fully saturated rings. The molecule has 1 heterocycles. The van der Waals surface area contributed by atoms with E-state index in [-0.39, 0.29) is 12.4 Å². The van der Waals surface area contributed by atoms with Crippen molar-refractivity contribution in [2.45, 2.75) is 32.3 Å². The molecular weight excluding hydrogens is 386 g/mol. The number of halogens is 1. The molecule has 1 aromatic heterocycles. The first-order chi connectivity index (χ1) is 13.1. The van der Waals surface area contributed by atoms with Gasteiger partial charge in [0.05, 0.1) is 5.69 Å². The Kier molecular flexibility index (Phi) is 8.81. The van der Waals surface area contributed by atoms with E-state index in [1.54, 1.807) is 11.8 Å². The molecule has 2 aromatic carbocycles. The second-order valence-corrected chi connectivity index (χ2v) is 8.14. The van der Waals surface area contributed by atoms with Crippen LogP contribution in [0.15, 0.2) is 65.8 Å². The van der Waals surface area contributed by atoms with Gasteiger partial charge in [0.1, 0.15) is 5.82 Å². The first-order valence-electron chi connectivity index (χ1n) is 9.47.